The van der Waals surface area contributed by atoms with E-state index in [0.717, 1.165) is 25.3 Å². The predicted octanol–water partition coefficient (Wildman–Crippen LogP) is 2.48. The maximum absolute atomic E-state index is 11.6. The first-order chi connectivity index (χ1) is 9.83. The molecule has 1 aromatic heterocycles. The summed E-state index contributed by atoms with van der Waals surface area (Å²) in [5.74, 6) is 1.21. The fourth-order valence-corrected chi connectivity index (χ4v) is 2.39. The number of halogens is 1. The predicted molar refractivity (Wildman–Crippen MR) is 81.6 cm³/mol. The number of carbonyl (C=O) groups is 1. The van der Waals surface area contributed by atoms with Gasteiger partial charge in [-0.3, -0.25) is 0 Å². The van der Waals surface area contributed by atoms with Gasteiger partial charge in [-0.25, -0.2) is 14.8 Å². The number of alkyl carbamates (subject to hydrolysis) is 1. The number of nitrogens with zero attached hydrogens (tertiary/aromatic N) is 3. The molecule has 0 saturated carbocycles. The van der Waals surface area contributed by atoms with Crippen molar-refractivity contribution in [3.05, 3.63) is 17.5 Å². The molecule has 7 heteroatoms. The van der Waals surface area contributed by atoms with E-state index in [2.05, 4.69) is 20.2 Å². The average molecular weight is 313 g/mol. The molecule has 0 spiro atoms. The molecule has 1 aromatic rings. The van der Waals surface area contributed by atoms with Crippen LogP contribution in [0.3, 0.4) is 0 Å². The normalized spacial score (nSPS) is 18.7. The van der Waals surface area contributed by atoms with Crippen LogP contribution in [0.1, 0.15) is 27.2 Å². The summed E-state index contributed by atoms with van der Waals surface area (Å²) in [5, 5.41) is 3.07. The third-order valence-corrected chi connectivity index (χ3v) is 3.34. The molecule has 0 bridgehead atoms. The highest BCUT2D eigenvalue weighted by molar-refractivity contribution is 6.28. The van der Waals surface area contributed by atoms with E-state index in [1.54, 1.807) is 6.20 Å². The first-order valence-corrected chi connectivity index (χ1v) is 7.41. The van der Waals surface area contributed by atoms with Gasteiger partial charge in [0.25, 0.3) is 0 Å². The third kappa shape index (κ3) is 5.04. The highest BCUT2D eigenvalue weighted by atomic mass is 35.5. The Bertz CT molecular complexity index is 504. The smallest absolute Gasteiger partial charge is 0.407 e. The van der Waals surface area contributed by atoms with Crippen molar-refractivity contribution in [2.75, 3.05) is 24.5 Å². The van der Waals surface area contributed by atoms with E-state index in [-0.39, 0.29) is 11.4 Å². The van der Waals surface area contributed by atoms with Crippen LogP contribution in [0, 0.1) is 5.92 Å². The maximum atomic E-state index is 11.6. The molecule has 1 saturated heterocycles. The summed E-state index contributed by atoms with van der Waals surface area (Å²) in [6.45, 7) is 7.88. The van der Waals surface area contributed by atoms with Gasteiger partial charge in [-0.1, -0.05) is 0 Å². The van der Waals surface area contributed by atoms with Gasteiger partial charge in [-0.15, -0.1) is 0 Å². The van der Waals surface area contributed by atoms with Crippen molar-refractivity contribution >= 4 is 23.5 Å². The number of ether oxygens (including phenoxy) is 1. The Morgan fingerprint density at radius 1 is 1.57 bits per heavy atom. The molecular weight excluding hydrogens is 292 g/mol. The Labute approximate surface area is 129 Å². The summed E-state index contributed by atoms with van der Waals surface area (Å²) in [4.78, 5) is 21.9. The number of anilines is 1. The molecule has 0 aromatic carbocycles. The van der Waals surface area contributed by atoms with E-state index in [1.807, 2.05) is 26.8 Å². The van der Waals surface area contributed by atoms with E-state index in [4.69, 9.17) is 16.3 Å². The van der Waals surface area contributed by atoms with Gasteiger partial charge in [0, 0.05) is 25.8 Å². The van der Waals surface area contributed by atoms with Crippen LogP contribution in [0.2, 0.25) is 5.28 Å². The molecule has 21 heavy (non-hydrogen) atoms. The van der Waals surface area contributed by atoms with Crippen molar-refractivity contribution < 1.29 is 9.53 Å². The lowest BCUT2D eigenvalue weighted by Crippen LogP contribution is -2.36. The van der Waals surface area contributed by atoms with Crippen LogP contribution in [-0.4, -0.2) is 41.3 Å². The second-order valence-corrected chi connectivity index (χ2v) is 6.51. The minimum absolute atomic E-state index is 0.253. The first-order valence-electron chi connectivity index (χ1n) is 7.04. The zero-order chi connectivity index (χ0) is 15.5. The van der Waals surface area contributed by atoms with Gasteiger partial charge in [-0.2, -0.15) is 0 Å². The third-order valence-electron chi connectivity index (χ3n) is 3.16. The lowest BCUT2D eigenvalue weighted by Gasteiger charge is -2.21. The number of hydrogen-bond acceptors (Lipinski definition) is 5. The zero-order valence-electron chi connectivity index (χ0n) is 12.6. The summed E-state index contributed by atoms with van der Waals surface area (Å²) >= 11 is 5.80. The van der Waals surface area contributed by atoms with Gasteiger partial charge in [0.2, 0.25) is 5.28 Å². The van der Waals surface area contributed by atoms with E-state index in [1.165, 1.54) is 0 Å². The summed E-state index contributed by atoms with van der Waals surface area (Å²) < 4.78 is 5.22. The molecule has 1 fully saturated rings. The number of nitrogens with one attached hydrogen (secondary N) is 1. The molecule has 2 heterocycles. The van der Waals surface area contributed by atoms with Gasteiger partial charge in [0.15, 0.2) is 0 Å². The average Bonchev–Trinajstić information content (AvgIpc) is 2.83. The van der Waals surface area contributed by atoms with Crippen LogP contribution in [0.25, 0.3) is 0 Å². The highest BCUT2D eigenvalue weighted by Gasteiger charge is 2.25. The summed E-state index contributed by atoms with van der Waals surface area (Å²) in [6.07, 6.45) is 2.28. The fraction of sp³-hybridized carbons (Fsp3) is 0.643. The van der Waals surface area contributed by atoms with Crippen molar-refractivity contribution in [2.45, 2.75) is 32.8 Å². The minimum atomic E-state index is -0.469. The molecular formula is C14H21ClN4O2. The number of carbonyl (C=O) groups excluding carboxylic acids is 1. The second-order valence-electron chi connectivity index (χ2n) is 6.17. The molecule has 116 valence electrons. The largest absolute Gasteiger partial charge is 0.444 e. The molecule has 0 aliphatic carbocycles. The first kappa shape index (κ1) is 15.8. The standard InChI is InChI=1S/C14H21ClN4O2/c1-14(2,3)21-13(20)17-8-10-5-7-19(9-10)11-4-6-16-12(15)18-11/h4,6,10H,5,7-9H2,1-3H3,(H,17,20)/t10-/m1/s1. The van der Waals surface area contributed by atoms with Crippen molar-refractivity contribution in [2.24, 2.45) is 5.92 Å². The van der Waals surface area contributed by atoms with Gasteiger partial charge in [-0.05, 0) is 50.8 Å². The maximum Gasteiger partial charge on any atom is 0.407 e. The quantitative estimate of drug-likeness (QED) is 0.869. The van der Waals surface area contributed by atoms with Crippen LogP contribution >= 0.6 is 11.6 Å². The molecule has 1 amide bonds. The molecule has 0 unspecified atom stereocenters. The van der Waals surface area contributed by atoms with Crippen molar-refractivity contribution in [3.63, 3.8) is 0 Å². The minimum Gasteiger partial charge on any atom is -0.444 e. The van der Waals surface area contributed by atoms with Crippen LogP contribution in [-0.2, 0) is 4.74 Å². The van der Waals surface area contributed by atoms with Crippen molar-refractivity contribution in [1.82, 2.24) is 15.3 Å². The number of hydrogen-bond donors (Lipinski definition) is 1. The van der Waals surface area contributed by atoms with E-state index < -0.39 is 5.60 Å². The van der Waals surface area contributed by atoms with Crippen LogP contribution in [0.5, 0.6) is 0 Å². The van der Waals surface area contributed by atoms with E-state index in [9.17, 15) is 4.79 Å². The highest BCUT2D eigenvalue weighted by Crippen LogP contribution is 2.22. The van der Waals surface area contributed by atoms with Crippen LogP contribution < -0.4 is 10.2 Å². The number of rotatable bonds is 3. The molecule has 0 radical (unpaired) electrons. The Morgan fingerprint density at radius 2 is 2.33 bits per heavy atom. The fourth-order valence-electron chi connectivity index (χ4n) is 2.25. The Kier molecular flexibility index (Phi) is 4.88. The molecule has 1 aliphatic rings. The molecule has 2 rings (SSSR count). The zero-order valence-corrected chi connectivity index (χ0v) is 13.4. The number of aromatic nitrogens is 2. The van der Waals surface area contributed by atoms with Crippen LogP contribution in [0.15, 0.2) is 12.3 Å². The van der Waals surface area contributed by atoms with Gasteiger partial charge >= 0.3 is 6.09 Å². The summed E-state index contributed by atoms with van der Waals surface area (Å²) in [5.41, 5.74) is -0.469. The lowest BCUT2D eigenvalue weighted by atomic mass is 10.1. The monoisotopic (exact) mass is 312 g/mol. The molecule has 1 atom stereocenters. The van der Waals surface area contributed by atoms with Gasteiger partial charge in [0.1, 0.15) is 11.4 Å². The number of amides is 1. The SMILES string of the molecule is CC(C)(C)OC(=O)NC[C@H]1CCN(c2ccnc(Cl)n2)C1. The Morgan fingerprint density at radius 3 is 3.00 bits per heavy atom. The molecule has 1 N–H and O–H groups in total. The Balaban J connectivity index is 1.79. The topological polar surface area (TPSA) is 67.3 Å². The van der Waals surface area contributed by atoms with E-state index >= 15 is 0 Å². The van der Waals surface area contributed by atoms with E-state index in [0.29, 0.717) is 12.5 Å². The Hall–Kier alpha value is -1.56. The van der Waals surface area contributed by atoms with Crippen molar-refractivity contribution in [3.8, 4) is 0 Å². The van der Waals surface area contributed by atoms with Crippen LogP contribution in [0.4, 0.5) is 10.6 Å². The lowest BCUT2D eigenvalue weighted by molar-refractivity contribution is 0.0520. The summed E-state index contributed by atoms with van der Waals surface area (Å²) in [6, 6.07) is 1.84. The molecule has 6 nitrogen and oxygen atoms in total. The van der Waals surface area contributed by atoms with Gasteiger partial charge < -0.3 is 15.0 Å². The van der Waals surface area contributed by atoms with Gasteiger partial charge in [0.05, 0.1) is 0 Å². The second kappa shape index (κ2) is 6.47. The molecule has 1 aliphatic heterocycles. The van der Waals surface area contributed by atoms with Crippen molar-refractivity contribution in [1.29, 1.82) is 0 Å². The summed E-state index contributed by atoms with van der Waals surface area (Å²) in [7, 11) is 0.